The van der Waals surface area contributed by atoms with Crippen molar-refractivity contribution < 1.29 is 23.8 Å². The Bertz CT molecular complexity index is 1400. The van der Waals surface area contributed by atoms with Gasteiger partial charge >= 0.3 is 5.97 Å². The fraction of sp³-hybridized carbons (Fsp3) is 0.600. The number of fused-ring (bicyclic) bond motifs is 1. The minimum atomic E-state index is -0.487. The average molecular weight is 692 g/mol. The summed E-state index contributed by atoms with van der Waals surface area (Å²) >= 11 is 0. The first-order valence-corrected chi connectivity index (χ1v) is 18.8. The van der Waals surface area contributed by atoms with Crippen molar-refractivity contribution in [1.82, 2.24) is 20.2 Å². The molecule has 0 saturated heterocycles. The summed E-state index contributed by atoms with van der Waals surface area (Å²) < 4.78 is 16.8. The summed E-state index contributed by atoms with van der Waals surface area (Å²) in [5.41, 5.74) is 2.32. The number of nitrogens with one attached hydrogen (secondary N) is 2. The molecule has 0 aliphatic carbocycles. The van der Waals surface area contributed by atoms with Gasteiger partial charge in [0.05, 0.1) is 38.8 Å². The van der Waals surface area contributed by atoms with E-state index >= 15 is 0 Å². The van der Waals surface area contributed by atoms with E-state index in [-0.39, 0.29) is 12.3 Å². The average Bonchev–Trinajstić information content (AvgIpc) is 3.12. The molecule has 1 amide bonds. The molecular formula is C40H61N5O5. The minimum Gasteiger partial charge on any atom is -0.493 e. The number of carbonyl (C=O) groups is 2. The number of amides is 1. The first-order chi connectivity index (χ1) is 24.4. The van der Waals surface area contributed by atoms with E-state index in [1.54, 1.807) is 7.11 Å². The molecule has 2 N–H and O–H groups in total. The Hall–Kier alpha value is -3.92. The molecule has 1 atom stereocenters. The Balaban J connectivity index is 1.64. The lowest BCUT2D eigenvalue weighted by Gasteiger charge is -2.22. The molecule has 1 heterocycles. The monoisotopic (exact) mass is 691 g/mol. The summed E-state index contributed by atoms with van der Waals surface area (Å²) in [5, 5.41) is 7.02. The Morgan fingerprint density at radius 3 is 2.00 bits per heavy atom. The largest absolute Gasteiger partial charge is 0.493 e. The molecule has 10 heteroatoms. The molecule has 0 aliphatic rings. The van der Waals surface area contributed by atoms with Crippen LogP contribution in [-0.4, -0.2) is 67.2 Å². The smallest absolute Gasteiger partial charge is 0.307 e. The van der Waals surface area contributed by atoms with Gasteiger partial charge in [-0.3, -0.25) is 9.59 Å². The predicted molar refractivity (Wildman–Crippen MR) is 202 cm³/mol. The van der Waals surface area contributed by atoms with Crippen LogP contribution in [0.2, 0.25) is 0 Å². The number of methoxy groups -OCH3 is 2. The van der Waals surface area contributed by atoms with Crippen LogP contribution < -0.4 is 20.1 Å². The molecule has 0 radical (unpaired) electrons. The first kappa shape index (κ1) is 40.5. The third-order valence-corrected chi connectivity index (χ3v) is 9.00. The number of hydrogen-bond acceptors (Lipinski definition) is 9. The highest BCUT2D eigenvalue weighted by Crippen LogP contribution is 2.35. The van der Waals surface area contributed by atoms with Crippen LogP contribution in [0, 0.1) is 0 Å². The maximum atomic E-state index is 11.9. The molecule has 1 aromatic heterocycles. The topological polar surface area (TPSA) is 115 Å². The van der Waals surface area contributed by atoms with Gasteiger partial charge in [0, 0.05) is 30.6 Å². The number of unbranched alkanes of at least 4 members (excludes halogenated alkanes) is 10. The molecule has 0 spiro atoms. The molecule has 0 saturated carbocycles. The number of ether oxygens (including phenoxy) is 3. The van der Waals surface area contributed by atoms with E-state index < -0.39 is 12.0 Å². The minimum absolute atomic E-state index is 0.0420. The number of nitrogens with zero attached hydrogens (tertiary/aromatic N) is 3. The summed E-state index contributed by atoms with van der Waals surface area (Å²) in [6.07, 6.45) is 18.3. The summed E-state index contributed by atoms with van der Waals surface area (Å²) in [6, 6.07) is 10.9. The van der Waals surface area contributed by atoms with Gasteiger partial charge in [0.15, 0.2) is 11.5 Å². The third-order valence-electron chi connectivity index (χ3n) is 9.00. The summed E-state index contributed by atoms with van der Waals surface area (Å²) in [7, 11) is 2.98. The number of anilines is 2. The number of rotatable bonds is 26. The van der Waals surface area contributed by atoms with Gasteiger partial charge in [-0.1, -0.05) is 90.2 Å². The molecule has 0 aliphatic heterocycles. The second kappa shape index (κ2) is 23.5. The SMILES string of the molecule is CCCCCCCCN(CCCCCCCC)CCCOc1cc2c(Nc3ccc(C(CC(=O)OC)NC(C)=O)cc3)ncnc2cc1OC. The maximum absolute atomic E-state index is 11.9. The second-order valence-electron chi connectivity index (χ2n) is 13.1. The normalized spacial score (nSPS) is 11.8. The van der Waals surface area contributed by atoms with Crippen LogP contribution in [0.5, 0.6) is 11.5 Å². The van der Waals surface area contributed by atoms with Crippen LogP contribution in [0.15, 0.2) is 42.7 Å². The van der Waals surface area contributed by atoms with Crippen LogP contribution in [0.25, 0.3) is 10.9 Å². The van der Waals surface area contributed by atoms with E-state index in [9.17, 15) is 9.59 Å². The highest BCUT2D eigenvalue weighted by atomic mass is 16.5. The van der Waals surface area contributed by atoms with Crippen molar-refractivity contribution in [3.8, 4) is 11.5 Å². The molecular weight excluding hydrogens is 630 g/mol. The Morgan fingerprint density at radius 1 is 0.780 bits per heavy atom. The zero-order valence-electron chi connectivity index (χ0n) is 31.2. The van der Waals surface area contributed by atoms with Gasteiger partial charge in [-0.15, -0.1) is 0 Å². The lowest BCUT2D eigenvalue weighted by atomic mass is 10.0. The number of esters is 1. The zero-order chi connectivity index (χ0) is 36.0. The molecule has 0 bridgehead atoms. The maximum Gasteiger partial charge on any atom is 0.307 e. The van der Waals surface area contributed by atoms with Crippen LogP contribution >= 0.6 is 0 Å². The highest BCUT2D eigenvalue weighted by molar-refractivity contribution is 5.93. The van der Waals surface area contributed by atoms with Gasteiger partial charge in [0.2, 0.25) is 5.91 Å². The fourth-order valence-electron chi connectivity index (χ4n) is 6.16. The number of aromatic nitrogens is 2. The van der Waals surface area contributed by atoms with Crippen molar-refractivity contribution in [3.05, 3.63) is 48.3 Å². The van der Waals surface area contributed by atoms with Crippen molar-refractivity contribution in [3.63, 3.8) is 0 Å². The fourth-order valence-corrected chi connectivity index (χ4v) is 6.16. The van der Waals surface area contributed by atoms with E-state index in [1.807, 2.05) is 36.4 Å². The van der Waals surface area contributed by atoms with Gasteiger partial charge in [-0.05, 0) is 56.1 Å². The molecule has 0 fully saturated rings. The predicted octanol–water partition coefficient (Wildman–Crippen LogP) is 8.91. The lowest BCUT2D eigenvalue weighted by Crippen LogP contribution is -2.28. The van der Waals surface area contributed by atoms with E-state index in [1.165, 1.54) is 97.4 Å². The van der Waals surface area contributed by atoms with Crippen molar-refractivity contribution in [2.45, 2.75) is 117 Å². The first-order valence-electron chi connectivity index (χ1n) is 18.8. The Kier molecular flexibility index (Phi) is 19.0. The molecule has 1 unspecified atom stereocenters. The van der Waals surface area contributed by atoms with Crippen molar-refractivity contribution >= 4 is 34.3 Å². The van der Waals surface area contributed by atoms with Gasteiger partial charge in [-0.25, -0.2) is 9.97 Å². The number of carbonyl (C=O) groups excluding carboxylic acids is 2. The van der Waals surface area contributed by atoms with E-state index in [4.69, 9.17) is 14.2 Å². The molecule has 3 aromatic rings. The van der Waals surface area contributed by atoms with Gasteiger partial charge in [0.25, 0.3) is 0 Å². The summed E-state index contributed by atoms with van der Waals surface area (Å²) in [5.74, 6) is 1.31. The lowest BCUT2D eigenvalue weighted by molar-refractivity contribution is -0.141. The van der Waals surface area contributed by atoms with Crippen LogP contribution in [0.1, 0.15) is 122 Å². The van der Waals surface area contributed by atoms with Crippen molar-refractivity contribution in [1.29, 1.82) is 0 Å². The Labute approximate surface area is 300 Å². The third kappa shape index (κ3) is 14.5. The molecule has 10 nitrogen and oxygen atoms in total. The standard InChI is InChI=1S/C40H61N5O5/c1-6-8-10-12-14-16-23-45(24-17-15-13-11-9-7-2)25-18-26-50-38-27-34-36(28-37(38)48-4)41-30-42-40(34)44-33-21-19-32(20-22-33)35(43-31(3)46)29-39(47)49-5/h19-22,27-28,30,35H,6-18,23-26,29H2,1-5H3,(H,43,46)(H,41,42,44). The number of benzene rings is 2. The summed E-state index contributed by atoms with van der Waals surface area (Å²) in [4.78, 5) is 35.3. The molecule has 2 aromatic carbocycles. The van der Waals surface area contributed by atoms with E-state index in [2.05, 4.69) is 39.3 Å². The van der Waals surface area contributed by atoms with Crippen molar-refractivity contribution in [2.75, 3.05) is 45.8 Å². The van der Waals surface area contributed by atoms with E-state index in [0.29, 0.717) is 23.9 Å². The van der Waals surface area contributed by atoms with E-state index in [0.717, 1.165) is 48.2 Å². The van der Waals surface area contributed by atoms with Gasteiger partial charge in [0.1, 0.15) is 12.1 Å². The highest BCUT2D eigenvalue weighted by Gasteiger charge is 2.18. The second-order valence-corrected chi connectivity index (χ2v) is 13.1. The van der Waals surface area contributed by atoms with Crippen LogP contribution in [-0.2, 0) is 14.3 Å². The van der Waals surface area contributed by atoms with Crippen LogP contribution in [0.3, 0.4) is 0 Å². The number of hydrogen-bond donors (Lipinski definition) is 2. The van der Waals surface area contributed by atoms with Gasteiger partial charge in [-0.2, -0.15) is 0 Å². The molecule has 50 heavy (non-hydrogen) atoms. The van der Waals surface area contributed by atoms with Gasteiger partial charge < -0.3 is 29.7 Å². The van der Waals surface area contributed by atoms with Crippen molar-refractivity contribution in [2.24, 2.45) is 0 Å². The zero-order valence-corrected chi connectivity index (χ0v) is 31.2. The van der Waals surface area contributed by atoms with Crippen LogP contribution in [0.4, 0.5) is 11.5 Å². The summed E-state index contributed by atoms with van der Waals surface area (Å²) in [6.45, 7) is 9.90. The quantitative estimate of drug-likeness (QED) is 0.0629. The Morgan fingerprint density at radius 2 is 1.40 bits per heavy atom. The molecule has 3 rings (SSSR count). The molecule has 276 valence electrons.